The summed E-state index contributed by atoms with van der Waals surface area (Å²) in [6.45, 7) is 1.63. The second-order valence-corrected chi connectivity index (χ2v) is 11.0. The fraction of sp³-hybridized carbons (Fsp3) is 0.400. The molecule has 0 unspecified atom stereocenters. The van der Waals surface area contributed by atoms with Crippen LogP contribution in [0.1, 0.15) is 30.2 Å². The van der Waals surface area contributed by atoms with Gasteiger partial charge < -0.3 is 4.42 Å². The molecule has 0 radical (unpaired) electrons. The minimum Gasteiger partial charge on any atom is -0.428 e. The van der Waals surface area contributed by atoms with Crippen LogP contribution < -0.4 is 0 Å². The summed E-state index contributed by atoms with van der Waals surface area (Å²) in [5.74, 6) is 0.381. The Morgan fingerprint density at radius 1 is 1.21 bits per heavy atom. The van der Waals surface area contributed by atoms with Crippen LogP contribution in [-0.2, 0) is 10.0 Å². The number of oxazole rings is 1. The fourth-order valence-corrected chi connectivity index (χ4v) is 7.18. The van der Waals surface area contributed by atoms with Crippen molar-refractivity contribution in [2.75, 3.05) is 0 Å². The number of sulfonamides is 1. The molecular weight excluding hydrogens is 409 g/mol. The van der Waals surface area contributed by atoms with Crippen molar-refractivity contribution in [2.45, 2.75) is 41.5 Å². The predicted octanol–water partition coefficient (Wildman–Crippen LogP) is -1.91. The van der Waals surface area contributed by atoms with Gasteiger partial charge in [-0.2, -0.15) is 5.10 Å². The number of aromatic nitrogens is 4. The Morgan fingerprint density at radius 2 is 1.86 bits per heavy atom. The van der Waals surface area contributed by atoms with Gasteiger partial charge in [-0.3, -0.25) is 0 Å². The maximum Gasteiger partial charge on any atom is 0.276 e. The Balaban J connectivity index is 1.76. The molecule has 0 amide bonds. The van der Waals surface area contributed by atoms with E-state index in [-0.39, 0.29) is 11.0 Å². The molecule has 0 atom stereocenters. The Hall–Kier alpha value is -1.71. The van der Waals surface area contributed by atoms with Crippen LogP contribution >= 0.6 is 11.6 Å². The van der Waals surface area contributed by atoms with Crippen LogP contribution in [0.3, 0.4) is 0 Å². The van der Waals surface area contributed by atoms with E-state index in [2.05, 4.69) is 15.1 Å². The number of fused-ring (bicyclic) bond motifs is 1. The summed E-state index contributed by atoms with van der Waals surface area (Å²) in [4.78, 5) is 8.13. The Bertz CT molecular complexity index is 1180. The number of pyridine rings is 1. The molecule has 0 spiro atoms. The molecule has 148 valence electrons. The van der Waals surface area contributed by atoms with Crippen molar-refractivity contribution in [1.82, 2.24) is 23.9 Å². The second kappa shape index (κ2) is 6.65. The number of aryl methyl sites for hydroxylation is 1. The van der Waals surface area contributed by atoms with Gasteiger partial charge in [-0.25, -0.2) is 27.2 Å². The largest absolute Gasteiger partial charge is 0.428 e. The molecule has 14 heteroatoms. The standard InChI is InChI=1S/C15H20B4ClN5O3S/c1-8-21-5-13(28-8)29(26,27)25-14(16,17)3-9(4-15(25,18)19)10-6-24-12(2-11(10)20)22-7-23-24/h2,5-7,9H,3-4,16-19H2,1H3. The number of nitrogens with zero attached hydrogens (tertiary/aromatic N) is 5. The molecule has 3 aromatic heterocycles. The molecule has 1 saturated heterocycles. The van der Waals surface area contributed by atoms with E-state index in [1.54, 1.807) is 21.8 Å². The van der Waals surface area contributed by atoms with Crippen LogP contribution in [0, 0.1) is 6.92 Å². The number of hydrogen-bond donors (Lipinski definition) is 0. The van der Waals surface area contributed by atoms with Crippen molar-refractivity contribution >= 4 is 58.7 Å². The maximum atomic E-state index is 13.4. The Morgan fingerprint density at radius 3 is 2.45 bits per heavy atom. The Labute approximate surface area is 178 Å². The second-order valence-electron chi connectivity index (χ2n) is 8.84. The van der Waals surface area contributed by atoms with Gasteiger partial charge in [-0.1, -0.05) is 11.6 Å². The van der Waals surface area contributed by atoms with Crippen molar-refractivity contribution in [1.29, 1.82) is 0 Å². The molecule has 1 fully saturated rings. The van der Waals surface area contributed by atoms with Gasteiger partial charge in [0.25, 0.3) is 15.1 Å². The lowest BCUT2D eigenvalue weighted by Gasteiger charge is -2.54. The quantitative estimate of drug-likeness (QED) is 0.452. The lowest BCUT2D eigenvalue weighted by molar-refractivity contribution is 0.203. The molecule has 3 aromatic rings. The first kappa shape index (κ1) is 20.6. The zero-order chi connectivity index (χ0) is 21.2. The summed E-state index contributed by atoms with van der Waals surface area (Å²) >= 11 is 6.57. The molecule has 1 aliphatic heterocycles. The number of hydrogen-bond acceptors (Lipinski definition) is 6. The van der Waals surface area contributed by atoms with Gasteiger partial charge in [0.05, 0.1) is 6.20 Å². The third kappa shape index (κ3) is 3.43. The average Bonchev–Trinajstić information content (AvgIpc) is 3.19. The van der Waals surface area contributed by atoms with E-state index in [1.165, 1.54) is 12.5 Å². The van der Waals surface area contributed by atoms with E-state index in [0.717, 1.165) is 5.56 Å². The molecular formula is C15H20B4ClN5O3S. The molecule has 4 heterocycles. The average molecular weight is 429 g/mol. The highest BCUT2D eigenvalue weighted by Crippen LogP contribution is 2.45. The highest BCUT2D eigenvalue weighted by Gasteiger charge is 2.52. The van der Waals surface area contributed by atoms with Crippen molar-refractivity contribution in [3.8, 4) is 0 Å². The molecule has 4 rings (SSSR count). The zero-order valence-electron chi connectivity index (χ0n) is 17.0. The highest BCUT2D eigenvalue weighted by molar-refractivity contribution is 7.89. The summed E-state index contributed by atoms with van der Waals surface area (Å²) in [6.07, 6.45) is 5.85. The van der Waals surface area contributed by atoms with E-state index in [9.17, 15) is 8.42 Å². The summed E-state index contributed by atoms with van der Waals surface area (Å²) in [7, 11) is 3.88. The summed E-state index contributed by atoms with van der Waals surface area (Å²) in [5, 5.41) is 3.34. The first-order valence-corrected chi connectivity index (χ1v) is 11.2. The first-order chi connectivity index (χ1) is 13.4. The van der Waals surface area contributed by atoms with Gasteiger partial charge in [0.15, 0.2) is 11.5 Å². The molecule has 0 N–H and O–H groups in total. The normalized spacial score (nSPS) is 20.2. The minimum absolute atomic E-state index is 0.0593. The van der Waals surface area contributed by atoms with Crippen molar-refractivity contribution in [3.05, 3.63) is 41.3 Å². The lowest BCUT2D eigenvalue weighted by Crippen LogP contribution is -2.68. The smallest absolute Gasteiger partial charge is 0.276 e. The van der Waals surface area contributed by atoms with E-state index < -0.39 is 20.7 Å². The van der Waals surface area contributed by atoms with Crippen LogP contribution in [0.5, 0.6) is 0 Å². The fourth-order valence-electron chi connectivity index (χ4n) is 4.84. The minimum atomic E-state index is -3.85. The molecule has 8 nitrogen and oxygen atoms in total. The van der Waals surface area contributed by atoms with Crippen LogP contribution in [-0.4, -0.2) is 74.4 Å². The van der Waals surface area contributed by atoms with Crippen LogP contribution in [0.15, 0.2) is 34.3 Å². The zero-order valence-corrected chi connectivity index (χ0v) is 18.6. The van der Waals surface area contributed by atoms with Crippen molar-refractivity contribution in [3.63, 3.8) is 0 Å². The van der Waals surface area contributed by atoms with E-state index in [1.807, 2.05) is 37.6 Å². The van der Waals surface area contributed by atoms with Crippen LogP contribution in [0.25, 0.3) is 5.65 Å². The van der Waals surface area contributed by atoms with Gasteiger partial charge >= 0.3 is 0 Å². The van der Waals surface area contributed by atoms with E-state index >= 15 is 0 Å². The van der Waals surface area contributed by atoms with E-state index in [0.29, 0.717) is 29.4 Å². The topological polar surface area (TPSA) is 93.6 Å². The van der Waals surface area contributed by atoms with Gasteiger partial charge in [-0.05, 0) is 35.0 Å². The molecule has 0 aromatic carbocycles. The molecule has 29 heavy (non-hydrogen) atoms. The third-order valence-corrected chi connectivity index (χ3v) is 8.01. The summed E-state index contributed by atoms with van der Waals surface area (Å²) < 4.78 is 35.5. The summed E-state index contributed by atoms with van der Waals surface area (Å²) in [6, 6.07) is 1.80. The van der Waals surface area contributed by atoms with Crippen LogP contribution in [0.2, 0.25) is 5.02 Å². The number of piperidine rings is 1. The molecule has 0 aliphatic carbocycles. The lowest BCUT2D eigenvalue weighted by atomic mass is 9.46. The predicted molar refractivity (Wildman–Crippen MR) is 120 cm³/mol. The molecule has 1 aliphatic rings. The van der Waals surface area contributed by atoms with Crippen LogP contribution in [0.4, 0.5) is 0 Å². The molecule has 0 bridgehead atoms. The van der Waals surface area contributed by atoms with Gasteiger partial charge in [0.2, 0.25) is 0 Å². The van der Waals surface area contributed by atoms with Crippen molar-refractivity contribution < 1.29 is 12.8 Å². The number of rotatable bonds is 3. The van der Waals surface area contributed by atoms with Gasteiger partial charge in [0.1, 0.15) is 37.7 Å². The van der Waals surface area contributed by atoms with Gasteiger partial charge in [-0.15, -0.1) is 0 Å². The maximum absolute atomic E-state index is 13.4. The monoisotopic (exact) mass is 429 g/mol. The van der Waals surface area contributed by atoms with E-state index in [4.69, 9.17) is 16.0 Å². The van der Waals surface area contributed by atoms with Gasteiger partial charge in [0, 0.05) is 24.2 Å². The Kier molecular flexibility index (Phi) is 4.71. The SMILES string of the molecule is BC1(B)CC(c2cn3ncnc3cc2Cl)CC(B)(B)N1S(=O)(=O)c1cnc(C)o1. The number of halogens is 1. The molecule has 0 saturated carbocycles. The first-order valence-electron chi connectivity index (χ1n) is 9.39. The highest BCUT2D eigenvalue weighted by atomic mass is 35.5. The van der Waals surface area contributed by atoms with Crippen molar-refractivity contribution in [2.24, 2.45) is 0 Å². The third-order valence-electron chi connectivity index (χ3n) is 5.52. The summed E-state index contributed by atoms with van der Waals surface area (Å²) in [5.41, 5.74) is 1.62.